The number of para-hydroxylation sites is 1. The van der Waals surface area contributed by atoms with Crippen LogP contribution in [0.4, 0.5) is 5.82 Å². The molecule has 7 heteroatoms. The maximum atomic E-state index is 12.2. The molecule has 134 valence electrons. The first kappa shape index (κ1) is 17.9. The number of rotatable bonds is 6. The van der Waals surface area contributed by atoms with E-state index in [-0.39, 0.29) is 5.91 Å². The molecule has 6 nitrogen and oxygen atoms in total. The van der Waals surface area contributed by atoms with Crippen LogP contribution in [0.1, 0.15) is 24.6 Å². The van der Waals surface area contributed by atoms with Crippen LogP contribution in [0.2, 0.25) is 5.15 Å². The van der Waals surface area contributed by atoms with Crippen LogP contribution in [0.15, 0.2) is 48.7 Å². The Morgan fingerprint density at radius 2 is 2.04 bits per heavy atom. The lowest BCUT2D eigenvalue weighted by molar-refractivity contribution is -0.111. The van der Waals surface area contributed by atoms with Crippen molar-refractivity contribution in [1.29, 1.82) is 0 Å². The van der Waals surface area contributed by atoms with Crippen LogP contribution in [0.5, 0.6) is 0 Å². The normalized spacial score (nSPS) is 11.2. The molecule has 1 aromatic carbocycles. The predicted octanol–water partition coefficient (Wildman–Crippen LogP) is 4.09. The molecule has 2 aromatic heterocycles. The zero-order chi connectivity index (χ0) is 18.5. The molecule has 26 heavy (non-hydrogen) atoms. The van der Waals surface area contributed by atoms with Crippen molar-refractivity contribution in [2.45, 2.75) is 26.8 Å². The Kier molecular flexibility index (Phi) is 5.53. The van der Waals surface area contributed by atoms with Crippen LogP contribution >= 0.6 is 11.6 Å². The van der Waals surface area contributed by atoms with Crippen molar-refractivity contribution >= 4 is 29.4 Å². The van der Waals surface area contributed by atoms with Gasteiger partial charge in [-0.25, -0.2) is 9.36 Å². The number of carbonyl (C=O) groups is 1. The first-order valence-corrected chi connectivity index (χ1v) is 8.79. The van der Waals surface area contributed by atoms with Gasteiger partial charge in [-0.1, -0.05) is 36.7 Å². The second kappa shape index (κ2) is 8.01. The van der Waals surface area contributed by atoms with Crippen molar-refractivity contribution in [2.75, 3.05) is 5.32 Å². The molecule has 2 heterocycles. The quantitative estimate of drug-likeness (QED) is 0.665. The molecule has 1 amide bonds. The summed E-state index contributed by atoms with van der Waals surface area (Å²) >= 11 is 6.46. The topological polar surface area (TPSA) is 64.7 Å². The third-order valence-corrected chi connectivity index (χ3v) is 4.22. The first-order valence-electron chi connectivity index (χ1n) is 8.41. The number of aromatic nitrogens is 4. The Bertz CT molecular complexity index is 927. The van der Waals surface area contributed by atoms with Crippen molar-refractivity contribution in [2.24, 2.45) is 0 Å². The average molecular weight is 370 g/mol. The fourth-order valence-electron chi connectivity index (χ4n) is 2.60. The van der Waals surface area contributed by atoms with Crippen molar-refractivity contribution in [1.82, 2.24) is 19.6 Å². The van der Waals surface area contributed by atoms with Crippen molar-refractivity contribution < 1.29 is 4.79 Å². The molecule has 0 aliphatic rings. The summed E-state index contributed by atoms with van der Waals surface area (Å²) in [6, 6.07) is 11.4. The lowest BCUT2D eigenvalue weighted by Crippen LogP contribution is -2.13. The van der Waals surface area contributed by atoms with E-state index in [1.165, 1.54) is 6.08 Å². The molecule has 0 aliphatic carbocycles. The molecule has 0 atom stereocenters. The van der Waals surface area contributed by atoms with Gasteiger partial charge in [0.05, 0.1) is 17.6 Å². The largest absolute Gasteiger partial charge is 0.307 e. The van der Waals surface area contributed by atoms with E-state index in [0.29, 0.717) is 16.5 Å². The van der Waals surface area contributed by atoms with Crippen LogP contribution in [0.25, 0.3) is 11.8 Å². The number of nitrogens with zero attached hydrogens (tertiary/aromatic N) is 4. The SMILES string of the molecule is CCCn1nccc1NC(=O)/C=C/c1c(C)nn(-c2ccccc2)c1Cl. The van der Waals surface area contributed by atoms with E-state index >= 15 is 0 Å². The minimum atomic E-state index is -0.245. The number of nitrogens with one attached hydrogen (secondary N) is 1. The van der Waals surface area contributed by atoms with E-state index in [0.717, 1.165) is 24.3 Å². The Balaban J connectivity index is 1.77. The highest BCUT2D eigenvalue weighted by Crippen LogP contribution is 2.24. The number of carbonyl (C=O) groups excluding carboxylic acids is 1. The highest BCUT2D eigenvalue weighted by Gasteiger charge is 2.13. The van der Waals surface area contributed by atoms with E-state index < -0.39 is 0 Å². The fraction of sp³-hybridized carbons (Fsp3) is 0.211. The summed E-state index contributed by atoms with van der Waals surface area (Å²) in [6.45, 7) is 4.67. The van der Waals surface area contributed by atoms with Crippen LogP contribution < -0.4 is 5.32 Å². The van der Waals surface area contributed by atoms with Crippen molar-refractivity contribution in [3.8, 4) is 5.69 Å². The van der Waals surface area contributed by atoms with Crippen LogP contribution in [0.3, 0.4) is 0 Å². The summed E-state index contributed by atoms with van der Waals surface area (Å²) in [5, 5.41) is 11.9. The fourth-order valence-corrected chi connectivity index (χ4v) is 2.93. The molecule has 0 radical (unpaired) electrons. The maximum absolute atomic E-state index is 12.2. The molecule has 0 unspecified atom stereocenters. The minimum Gasteiger partial charge on any atom is -0.307 e. The second-order valence-electron chi connectivity index (χ2n) is 5.80. The van der Waals surface area contributed by atoms with Gasteiger partial charge in [0.15, 0.2) is 0 Å². The number of hydrogen-bond donors (Lipinski definition) is 1. The van der Waals surface area contributed by atoms with Crippen LogP contribution in [0, 0.1) is 6.92 Å². The van der Waals surface area contributed by atoms with Gasteiger partial charge in [-0.3, -0.25) is 4.79 Å². The Morgan fingerprint density at radius 3 is 2.77 bits per heavy atom. The zero-order valence-corrected chi connectivity index (χ0v) is 15.4. The summed E-state index contributed by atoms with van der Waals surface area (Å²) in [4.78, 5) is 12.2. The highest BCUT2D eigenvalue weighted by molar-refractivity contribution is 6.31. The standard InChI is InChI=1S/C19H20ClN5O/c1-3-13-24-17(11-12-21-24)22-18(26)10-9-16-14(2)23-25(19(16)20)15-7-5-4-6-8-15/h4-12H,3,13H2,1-2H3,(H,22,26)/b10-9+. The number of anilines is 1. The highest BCUT2D eigenvalue weighted by atomic mass is 35.5. The summed E-state index contributed by atoms with van der Waals surface area (Å²) in [5.74, 6) is 0.426. The molecule has 1 N–H and O–H groups in total. The summed E-state index contributed by atoms with van der Waals surface area (Å²) in [7, 11) is 0. The molecular formula is C19H20ClN5O. The van der Waals surface area contributed by atoms with Crippen LogP contribution in [-0.4, -0.2) is 25.5 Å². The van der Waals surface area contributed by atoms with Gasteiger partial charge in [-0.2, -0.15) is 10.2 Å². The molecule has 0 aliphatic heterocycles. The number of hydrogen-bond acceptors (Lipinski definition) is 3. The molecule has 0 fully saturated rings. The zero-order valence-electron chi connectivity index (χ0n) is 14.7. The molecular weight excluding hydrogens is 350 g/mol. The summed E-state index contributed by atoms with van der Waals surface area (Å²) < 4.78 is 3.42. The average Bonchev–Trinajstić information content (AvgIpc) is 3.18. The van der Waals surface area contributed by atoms with Gasteiger partial charge in [-0.15, -0.1) is 0 Å². The molecule has 0 spiro atoms. The van der Waals surface area contributed by atoms with E-state index in [9.17, 15) is 4.79 Å². The predicted molar refractivity (Wildman–Crippen MR) is 103 cm³/mol. The summed E-state index contributed by atoms with van der Waals surface area (Å²) in [5.41, 5.74) is 2.33. The Hall–Kier alpha value is -2.86. The van der Waals surface area contributed by atoms with Gasteiger partial charge < -0.3 is 5.32 Å². The smallest absolute Gasteiger partial charge is 0.249 e. The third-order valence-electron chi connectivity index (χ3n) is 3.85. The van der Waals surface area contributed by atoms with Crippen molar-refractivity contribution in [3.05, 3.63) is 65.1 Å². The second-order valence-corrected chi connectivity index (χ2v) is 6.16. The minimum absolute atomic E-state index is 0.245. The first-order chi connectivity index (χ1) is 12.6. The van der Waals surface area contributed by atoms with Gasteiger partial charge in [0.25, 0.3) is 0 Å². The molecule has 0 bridgehead atoms. The lowest BCUT2D eigenvalue weighted by Gasteiger charge is -2.05. The maximum Gasteiger partial charge on any atom is 0.249 e. The Morgan fingerprint density at radius 1 is 1.27 bits per heavy atom. The monoisotopic (exact) mass is 369 g/mol. The van der Waals surface area contributed by atoms with Gasteiger partial charge in [0.1, 0.15) is 11.0 Å². The molecule has 0 saturated carbocycles. The lowest BCUT2D eigenvalue weighted by atomic mass is 10.2. The number of amides is 1. The van der Waals surface area contributed by atoms with Gasteiger partial charge in [0.2, 0.25) is 5.91 Å². The van der Waals surface area contributed by atoms with E-state index in [2.05, 4.69) is 22.4 Å². The van der Waals surface area contributed by atoms with E-state index in [1.54, 1.807) is 27.7 Å². The summed E-state index contributed by atoms with van der Waals surface area (Å²) in [6.07, 6.45) is 5.74. The number of aryl methyl sites for hydroxylation is 2. The third kappa shape index (κ3) is 3.86. The van der Waals surface area contributed by atoms with Crippen LogP contribution in [-0.2, 0) is 11.3 Å². The van der Waals surface area contributed by atoms with Gasteiger partial charge in [-0.05, 0) is 31.6 Å². The Labute approximate surface area is 157 Å². The molecule has 0 saturated heterocycles. The number of benzene rings is 1. The van der Waals surface area contributed by atoms with E-state index in [4.69, 9.17) is 11.6 Å². The van der Waals surface area contributed by atoms with Gasteiger partial charge >= 0.3 is 0 Å². The van der Waals surface area contributed by atoms with Crippen molar-refractivity contribution in [3.63, 3.8) is 0 Å². The number of halogens is 1. The van der Waals surface area contributed by atoms with Gasteiger partial charge in [0, 0.05) is 24.3 Å². The molecule has 3 rings (SSSR count). The molecule has 3 aromatic rings. The van der Waals surface area contributed by atoms with E-state index in [1.807, 2.05) is 37.3 Å².